The van der Waals surface area contributed by atoms with Crippen LogP contribution in [0.1, 0.15) is 58.9 Å². The summed E-state index contributed by atoms with van der Waals surface area (Å²) in [4.78, 5) is 26.7. The second kappa shape index (κ2) is 8.76. The van der Waals surface area contributed by atoms with Crippen LogP contribution in [-0.2, 0) is 25.5 Å². The first kappa shape index (κ1) is 25.6. The Morgan fingerprint density at radius 1 is 1.14 bits per heavy atom. The highest BCUT2D eigenvalue weighted by molar-refractivity contribution is 5.93. The summed E-state index contributed by atoms with van der Waals surface area (Å²) in [6.07, 6.45) is -1.85. The Bertz CT molecular complexity index is 1080. The highest BCUT2D eigenvalue weighted by Crippen LogP contribution is 2.61. The number of aliphatic hydroxyl groups is 3. The highest BCUT2D eigenvalue weighted by Gasteiger charge is 2.67. The van der Waals surface area contributed by atoms with Crippen LogP contribution >= 0.6 is 0 Å². The van der Waals surface area contributed by atoms with E-state index in [0.717, 1.165) is 5.56 Å². The third-order valence-corrected chi connectivity index (χ3v) is 10.0. The summed E-state index contributed by atoms with van der Waals surface area (Å²) in [5.74, 6) is -1.14. The van der Waals surface area contributed by atoms with E-state index in [1.165, 1.54) is 0 Å². The molecule has 3 fully saturated rings. The number of ketones is 1. The van der Waals surface area contributed by atoms with Crippen molar-refractivity contribution in [2.45, 2.75) is 89.8 Å². The van der Waals surface area contributed by atoms with Gasteiger partial charge in [0.2, 0.25) is 0 Å². The first-order valence-electron chi connectivity index (χ1n) is 13.1. The summed E-state index contributed by atoms with van der Waals surface area (Å²) < 4.78 is 11.6. The van der Waals surface area contributed by atoms with Gasteiger partial charge in [-0.2, -0.15) is 0 Å². The van der Waals surface area contributed by atoms with Crippen molar-refractivity contribution in [2.24, 2.45) is 22.7 Å². The van der Waals surface area contributed by atoms with Crippen LogP contribution in [0, 0.1) is 22.7 Å². The first-order chi connectivity index (χ1) is 16.9. The number of benzene rings is 1. The van der Waals surface area contributed by atoms with Gasteiger partial charge in [-0.1, -0.05) is 44.2 Å². The molecule has 0 spiro atoms. The Morgan fingerprint density at radius 2 is 1.83 bits per heavy atom. The number of carbonyl (C=O) groups excluding carboxylic acids is 2. The average molecular weight is 499 g/mol. The van der Waals surface area contributed by atoms with Gasteiger partial charge < -0.3 is 24.8 Å². The van der Waals surface area contributed by atoms with E-state index in [2.05, 4.69) is 0 Å². The number of Topliss-reactive ketones (excluding diaryl/α,β-unsaturated/α-hetero) is 1. The number of ether oxygens (including phenoxy) is 2. The van der Waals surface area contributed by atoms with Crippen LogP contribution in [0.15, 0.2) is 41.5 Å². The largest absolute Gasteiger partial charge is 0.458 e. The number of aliphatic hydroxyl groups excluding tert-OH is 2. The Morgan fingerprint density at radius 3 is 2.47 bits per heavy atom. The molecule has 1 aromatic rings. The van der Waals surface area contributed by atoms with Crippen LogP contribution in [0.4, 0.5) is 0 Å². The molecule has 0 radical (unpaired) electrons. The summed E-state index contributed by atoms with van der Waals surface area (Å²) in [5.41, 5.74) is -1.43. The van der Waals surface area contributed by atoms with Crippen LogP contribution in [0.5, 0.6) is 0 Å². The van der Waals surface area contributed by atoms with Crippen LogP contribution in [0.25, 0.3) is 0 Å². The van der Waals surface area contributed by atoms with Crippen molar-refractivity contribution in [3.8, 4) is 0 Å². The third kappa shape index (κ3) is 3.70. The first-order valence-corrected chi connectivity index (χ1v) is 13.1. The lowest BCUT2D eigenvalue weighted by molar-refractivity contribution is -0.243. The maximum Gasteiger partial charge on any atom is 0.306 e. The van der Waals surface area contributed by atoms with E-state index < -0.39 is 40.5 Å². The van der Waals surface area contributed by atoms with E-state index in [0.29, 0.717) is 30.6 Å². The molecule has 7 nitrogen and oxygen atoms in total. The van der Waals surface area contributed by atoms with Crippen molar-refractivity contribution in [1.82, 2.24) is 0 Å². The number of esters is 1. The lowest BCUT2D eigenvalue weighted by Gasteiger charge is -2.62. The number of aryl methyl sites for hydroxylation is 1. The topological polar surface area (TPSA) is 113 Å². The monoisotopic (exact) mass is 498 g/mol. The van der Waals surface area contributed by atoms with Gasteiger partial charge in [0.15, 0.2) is 5.78 Å². The molecule has 196 valence electrons. The molecule has 5 unspecified atom stereocenters. The van der Waals surface area contributed by atoms with Crippen molar-refractivity contribution in [2.75, 3.05) is 6.61 Å². The van der Waals surface area contributed by atoms with Crippen molar-refractivity contribution in [3.05, 3.63) is 47.0 Å². The van der Waals surface area contributed by atoms with Gasteiger partial charge in [0, 0.05) is 30.6 Å². The Labute approximate surface area is 212 Å². The molecular weight excluding hydrogens is 460 g/mol. The fourth-order valence-corrected chi connectivity index (χ4v) is 7.38. The maximum absolute atomic E-state index is 13.9. The van der Waals surface area contributed by atoms with Crippen molar-refractivity contribution >= 4 is 11.8 Å². The van der Waals surface area contributed by atoms with Crippen LogP contribution < -0.4 is 0 Å². The minimum atomic E-state index is -1.50. The van der Waals surface area contributed by atoms with Crippen molar-refractivity contribution in [3.63, 3.8) is 0 Å². The van der Waals surface area contributed by atoms with Gasteiger partial charge in [-0.25, -0.2) is 0 Å². The number of rotatable bonds is 4. The van der Waals surface area contributed by atoms with Crippen LogP contribution in [0.2, 0.25) is 0 Å². The molecule has 1 saturated heterocycles. The minimum Gasteiger partial charge on any atom is -0.458 e. The summed E-state index contributed by atoms with van der Waals surface area (Å²) in [5, 5.41) is 34.8. The number of fused-ring (bicyclic) bond motifs is 5. The molecule has 3 aliphatic carbocycles. The molecule has 0 amide bonds. The van der Waals surface area contributed by atoms with Gasteiger partial charge in [0.1, 0.15) is 12.2 Å². The van der Waals surface area contributed by atoms with E-state index >= 15 is 0 Å². The predicted molar refractivity (Wildman–Crippen MR) is 132 cm³/mol. The molecule has 1 aliphatic heterocycles. The van der Waals surface area contributed by atoms with Gasteiger partial charge in [0.05, 0.1) is 29.8 Å². The molecule has 1 aromatic carbocycles. The molecule has 2 bridgehead atoms. The molecule has 0 aromatic heterocycles. The summed E-state index contributed by atoms with van der Waals surface area (Å²) >= 11 is 0. The van der Waals surface area contributed by atoms with Gasteiger partial charge in [-0.3, -0.25) is 9.59 Å². The summed E-state index contributed by atoms with van der Waals surface area (Å²) in [7, 11) is 0. The maximum atomic E-state index is 13.9. The van der Waals surface area contributed by atoms with Gasteiger partial charge in [-0.05, 0) is 49.3 Å². The zero-order valence-electron chi connectivity index (χ0n) is 21.6. The predicted octanol–water partition coefficient (Wildman–Crippen LogP) is 2.74. The van der Waals surface area contributed by atoms with Crippen LogP contribution in [-0.4, -0.2) is 63.7 Å². The van der Waals surface area contributed by atoms with E-state index in [-0.39, 0.29) is 43.2 Å². The normalized spacial score (nSPS) is 41.4. The molecule has 8 atom stereocenters. The summed E-state index contributed by atoms with van der Waals surface area (Å²) in [6, 6.07) is 9.69. The third-order valence-electron chi connectivity index (χ3n) is 10.0. The smallest absolute Gasteiger partial charge is 0.306 e. The fraction of sp³-hybridized carbons (Fsp3) is 0.655. The second-order valence-electron chi connectivity index (χ2n) is 12.1. The standard InChI is InChI=1S/C29H38O7/c1-16-21(36-23(31)11-10-17-8-6-5-7-9-17)14-29(34)13-19-18-15-35-20(18)12-22(30)28(19,4)26(33)25(32)24(16)27(29,2)3/h5-9,18-22,25,30,32,34H,10-15H2,1-4H3/t18-,19?,20?,21-,22?,25?,28?,29-/m0/s1. The minimum absolute atomic E-state index is 0.0230. The molecule has 2 saturated carbocycles. The number of hydrogen-bond donors (Lipinski definition) is 3. The zero-order chi connectivity index (χ0) is 26.0. The van der Waals surface area contributed by atoms with Gasteiger partial charge in [-0.15, -0.1) is 0 Å². The molecule has 3 N–H and O–H groups in total. The number of carbonyl (C=O) groups is 2. The zero-order valence-corrected chi connectivity index (χ0v) is 21.6. The summed E-state index contributed by atoms with van der Waals surface area (Å²) in [6.45, 7) is 7.68. The van der Waals surface area contributed by atoms with E-state index in [4.69, 9.17) is 9.47 Å². The lowest BCUT2D eigenvalue weighted by Crippen LogP contribution is -2.69. The lowest BCUT2D eigenvalue weighted by atomic mass is 9.47. The Kier molecular flexibility index (Phi) is 6.22. The van der Waals surface area contributed by atoms with E-state index in [1.54, 1.807) is 13.8 Å². The fourth-order valence-electron chi connectivity index (χ4n) is 7.38. The average Bonchev–Trinajstić information content (AvgIpc) is 2.81. The second-order valence-corrected chi connectivity index (χ2v) is 12.1. The van der Waals surface area contributed by atoms with E-state index in [9.17, 15) is 24.9 Å². The van der Waals surface area contributed by atoms with Crippen molar-refractivity contribution < 1.29 is 34.4 Å². The molecule has 36 heavy (non-hydrogen) atoms. The molecule has 5 rings (SSSR count). The molecule has 1 heterocycles. The SMILES string of the molecule is CC1=C2C(O)C(=O)C3(C)C(O)CC4OC[C@H]4C3C[C@](O)(C[C@@H]1OC(=O)CCc1ccccc1)C2(C)C. The molecule has 4 aliphatic rings. The Balaban J connectivity index is 1.48. The van der Waals surface area contributed by atoms with Gasteiger partial charge in [0.25, 0.3) is 0 Å². The van der Waals surface area contributed by atoms with Gasteiger partial charge >= 0.3 is 5.97 Å². The van der Waals surface area contributed by atoms with Crippen molar-refractivity contribution in [1.29, 1.82) is 0 Å². The van der Waals surface area contributed by atoms with E-state index in [1.807, 2.05) is 44.2 Å². The number of hydrogen-bond acceptors (Lipinski definition) is 7. The highest BCUT2D eigenvalue weighted by atomic mass is 16.5. The van der Waals surface area contributed by atoms with Crippen LogP contribution in [0.3, 0.4) is 0 Å². The molecule has 7 heteroatoms. The molecular formula is C29H38O7. The quantitative estimate of drug-likeness (QED) is 0.432. The Hall–Kier alpha value is -2.06.